The lowest BCUT2D eigenvalue weighted by atomic mass is 10.0. The number of hydrogen-bond acceptors (Lipinski definition) is 7. The molecule has 0 spiro atoms. The van der Waals surface area contributed by atoms with Crippen molar-refractivity contribution in [2.24, 2.45) is 0 Å². The maximum atomic E-state index is 12.9. The largest absolute Gasteiger partial charge is 0.459 e. The Morgan fingerprint density at radius 1 is 1.14 bits per heavy atom. The molecular weight excluding hydrogens is 374 g/mol. The summed E-state index contributed by atoms with van der Waals surface area (Å²) in [4.78, 5) is 26.5. The molecule has 2 aromatic heterocycles. The zero-order chi connectivity index (χ0) is 20.6. The summed E-state index contributed by atoms with van der Waals surface area (Å²) in [5.41, 5.74) is 0.758. The van der Waals surface area contributed by atoms with Crippen LogP contribution in [-0.2, 0) is 11.3 Å². The molecule has 0 bridgehead atoms. The van der Waals surface area contributed by atoms with E-state index in [0.717, 1.165) is 12.0 Å². The average Bonchev–Trinajstić information content (AvgIpc) is 3.41. The molecule has 0 radical (unpaired) electrons. The topological polar surface area (TPSA) is 114 Å². The van der Waals surface area contributed by atoms with Crippen molar-refractivity contribution < 1.29 is 18.4 Å². The molecule has 0 aliphatic heterocycles. The van der Waals surface area contributed by atoms with E-state index in [0.29, 0.717) is 18.2 Å². The minimum Gasteiger partial charge on any atom is -0.459 e. The van der Waals surface area contributed by atoms with Crippen LogP contribution in [0.1, 0.15) is 30.8 Å². The van der Waals surface area contributed by atoms with Crippen molar-refractivity contribution in [1.82, 2.24) is 25.7 Å². The zero-order valence-corrected chi connectivity index (χ0v) is 16.3. The van der Waals surface area contributed by atoms with Gasteiger partial charge in [0.1, 0.15) is 6.04 Å². The standard InChI is InChI=1S/C20H23N5O4/c1-3-11-25(13-16-23-24-19(29-16)15-10-7-12-28-15)17(14-8-5-4-6-9-14)18(26)22-20(27)21-2/h4-10,12,17H,3,11,13H2,1-2H3,(H2,21,22,26,27)/t17-/m1/s1. The summed E-state index contributed by atoms with van der Waals surface area (Å²) in [6.07, 6.45) is 2.31. The number of aromatic nitrogens is 2. The van der Waals surface area contributed by atoms with E-state index in [9.17, 15) is 9.59 Å². The SMILES string of the molecule is CCCN(Cc1nnc(-c2ccco2)o1)[C@@H](C(=O)NC(=O)NC)c1ccccc1. The van der Waals surface area contributed by atoms with Gasteiger partial charge in [-0.25, -0.2) is 4.79 Å². The Morgan fingerprint density at radius 2 is 1.93 bits per heavy atom. The molecule has 0 saturated carbocycles. The molecule has 0 saturated heterocycles. The fourth-order valence-corrected chi connectivity index (χ4v) is 2.98. The van der Waals surface area contributed by atoms with Crippen LogP contribution in [0.5, 0.6) is 0 Å². The number of amides is 3. The van der Waals surface area contributed by atoms with Crippen molar-refractivity contribution in [3.63, 3.8) is 0 Å². The second-order valence-corrected chi connectivity index (χ2v) is 6.33. The Morgan fingerprint density at radius 3 is 2.59 bits per heavy atom. The van der Waals surface area contributed by atoms with E-state index in [4.69, 9.17) is 8.83 Å². The molecule has 9 nitrogen and oxygen atoms in total. The molecule has 9 heteroatoms. The van der Waals surface area contributed by atoms with Crippen LogP contribution in [0.2, 0.25) is 0 Å². The molecule has 0 aliphatic rings. The molecule has 3 amide bonds. The summed E-state index contributed by atoms with van der Waals surface area (Å²) >= 11 is 0. The number of rotatable bonds is 8. The lowest BCUT2D eigenvalue weighted by Crippen LogP contribution is -2.45. The molecule has 0 unspecified atom stereocenters. The van der Waals surface area contributed by atoms with Crippen molar-refractivity contribution >= 4 is 11.9 Å². The number of nitrogens with one attached hydrogen (secondary N) is 2. The first-order valence-corrected chi connectivity index (χ1v) is 9.30. The van der Waals surface area contributed by atoms with E-state index in [1.807, 2.05) is 42.2 Å². The van der Waals surface area contributed by atoms with Gasteiger partial charge in [0.2, 0.25) is 11.8 Å². The quantitative estimate of drug-likeness (QED) is 0.601. The van der Waals surface area contributed by atoms with Gasteiger partial charge < -0.3 is 14.2 Å². The zero-order valence-electron chi connectivity index (χ0n) is 16.3. The van der Waals surface area contributed by atoms with Crippen LogP contribution in [0.25, 0.3) is 11.7 Å². The second kappa shape index (κ2) is 9.65. The van der Waals surface area contributed by atoms with Gasteiger partial charge in [0, 0.05) is 7.05 Å². The van der Waals surface area contributed by atoms with Crippen molar-refractivity contribution in [2.45, 2.75) is 25.9 Å². The fraction of sp³-hybridized carbons (Fsp3) is 0.300. The van der Waals surface area contributed by atoms with E-state index in [1.54, 1.807) is 12.1 Å². The predicted molar refractivity (Wildman–Crippen MR) is 104 cm³/mol. The van der Waals surface area contributed by atoms with Gasteiger partial charge in [-0.1, -0.05) is 37.3 Å². The number of imide groups is 1. The Labute approximate surface area is 168 Å². The van der Waals surface area contributed by atoms with Gasteiger partial charge >= 0.3 is 6.03 Å². The third kappa shape index (κ3) is 5.08. The number of hydrogen-bond donors (Lipinski definition) is 2. The normalized spacial score (nSPS) is 12.0. The lowest BCUT2D eigenvalue weighted by Gasteiger charge is -2.29. The molecule has 3 rings (SSSR count). The summed E-state index contributed by atoms with van der Waals surface area (Å²) in [6.45, 7) is 2.83. The van der Waals surface area contributed by atoms with E-state index in [2.05, 4.69) is 20.8 Å². The smallest absolute Gasteiger partial charge is 0.321 e. The average molecular weight is 397 g/mol. The van der Waals surface area contributed by atoms with Crippen LogP contribution in [0.3, 0.4) is 0 Å². The van der Waals surface area contributed by atoms with Crippen molar-refractivity contribution in [3.05, 3.63) is 60.2 Å². The summed E-state index contributed by atoms with van der Waals surface area (Å²) in [5, 5.41) is 12.9. The summed E-state index contributed by atoms with van der Waals surface area (Å²) in [5.74, 6) is 0.656. The second-order valence-electron chi connectivity index (χ2n) is 6.33. The number of urea groups is 1. The van der Waals surface area contributed by atoms with Gasteiger partial charge in [-0.2, -0.15) is 0 Å². The van der Waals surface area contributed by atoms with Crippen LogP contribution in [-0.4, -0.2) is 40.6 Å². The highest BCUT2D eigenvalue weighted by Crippen LogP contribution is 2.25. The molecule has 3 aromatic rings. The molecule has 29 heavy (non-hydrogen) atoms. The van der Waals surface area contributed by atoms with E-state index >= 15 is 0 Å². The van der Waals surface area contributed by atoms with Gasteiger partial charge in [0.25, 0.3) is 5.89 Å². The highest BCUT2D eigenvalue weighted by Gasteiger charge is 2.30. The first-order valence-electron chi connectivity index (χ1n) is 9.30. The minimum absolute atomic E-state index is 0.238. The molecule has 0 fully saturated rings. The fourth-order valence-electron chi connectivity index (χ4n) is 2.98. The molecule has 0 aliphatic carbocycles. The highest BCUT2D eigenvalue weighted by molar-refractivity contribution is 5.97. The minimum atomic E-state index is -0.701. The monoisotopic (exact) mass is 397 g/mol. The van der Waals surface area contributed by atoms with Gasteiger partial charge in [-0.05, 0) is 30.7 Å². The highest BCUT2D eigenvalue weighted by atomic mass is 16.4. The Balaban J connectivity index is 1.87. The van der Waals surface area contributed by atoms with Gasteiger partial charge in [-0.15, -0.1) is 10.2 Å². The Kier molecular flexibility index (Phi) is 6.75. The van der Waals surface area contributed by atoms with Crippen LogP contribution in [0, 0.1) is 0 Å². The predicted octanol–water partition coefficient (Wildman–Crippen LogP) is 2.74. The van der Waals surface area contributed by atoms with Crippen molar-refractivity contribution in [1.29, 1.82) is 0 Å². The third-order valence-corrected chi connectivity index (χ3v) is 4.24. The maximum absolute atomic E-state index is 12.9. The van der Waals surface area contributed by atoms with Gasteiger partial charge in [0.15, 0.2) is 5.76 Å². The van der Waals surface area contributed by atoms with Crippen molar-refractivity contribution in [2.75, 3.05) is 13.6 Å². The Hall–Kier alpha value is -3.46. The molecule has 1 atom stereocenters. The number of benzene rings is 1. The maximum Gasteiger partial charge on any atom is 0.321 e. The third-order valence-electron chi connectivity index (χ3n) is 4.24. The molecule has 152 valence electrons. The number of carbonyl (C=O) groups is 2. The number of carbonyl (C=O) groups excluding carboxylic acids is 2. The first kappa shape index (κ1) is 20.3. The van der Waals surface area contributed by atoms with Gasteiger partial charge in [0.05, 0.1) is 12.8 Å². The van der Waals surface area contributed by atoms with E-state index in [1.165, 1.54) is 13.3 Å². The first-order chi connectivity index (χ1) is 14.1. The van der Waals surface area contributed by atoms with Crippen LogP contribution >= 0.6 is 0 Å². The molecule has 2 N–H and O–H groups in total. The molecular formula is C20H23N5O4. The van der Waals surface area contributed by atoms with Crippen LogP contribution in [0.15, 0.2) is 57.6 Å². The van der Waals surface area contributed by atoms with Gasteiger partial charge in [-0.3, -0.25) is 15.0 Å². The van der Waals surface area contributed by atoms with Crippen molar-refractivity contribution in [3.8, 4) is 11.7 Å². The summed E-state index contributed by atoms with van der Waals surface area (Å²) in [7, 11) is 1.46. The summed E-state index contributed by atoms with van der Waals surface area (Å²) in [6, 6.07) is 11.5. The Bertz CT molecular complexity index is 924. The number of furan rings is 1. The lowest BCUT2D eigenvalue weighted by molar-refractivity contribution is -0.126. The molecule has 2 heterocycles. The number of nitrogens with zero attached hydrogens (tertiary/aromatic N) is 3. The van der Waals surface area contributed by atoms with Crippen LogP contribution in [0.4, 0.5) is 4.79 Å². The van der Waals surface area contributed by atoms with Crippen LogP contribution < -0.4 is 10.6 Å². The molecule has 1 aromatic carbocycles. The van der Waals surface area contributed by atoms with E-state index in [-0.39, 0.29) is 12.4 Å². The summed E-state index contributed by atoms with van der Waals surface area (Å²) < 4.78 is 11.0. The van der Waals surface area contributed by atoms with E-state index < -0.39 is 18.0 Å².